The van der Waals surface area contributed by atoms with Crippen molar-refractivity contribution in [1.29, 1.82) is 0 Å². The molecule has 0 unspecified atom stereocenters. The minimum atomic E-state index is -4.42. The van der Waals surface area contributed by atoms with Crippen LogP contribution in [0.1, 0.15) is 30.9 Å². The quantitative estimate of drug-likeness (QED) is 0.695. The average Bonchev–Trinajstić information content (AvgIpc) is 2.69. The summed E-state index contributed by atoms with van der Waals surface area (Å²) in [4.78, 5) is 11.7. The monoisotopic (exact) mass is 405 g/mol. The molecule has 1 amide bonds. The van der Waals surface area contributed by atoms with Gasteiger partial charge in [-0.2, -0.15) is 13.2 Å². The van der Waals surface area contributed by atoms with Crippen LogP contribution in [-0.4, -0.2) is 25.7 Å². The summed E-state index contributed by atoms with van der Waals surface area (Å²) in [5, 5.41) is 2.57. The number of carbonyl (C=O) groups excluding carboxylic acids is 1. The molecule has 0 fully saturated rings. The Hall–Kier alpha value is -3.14. The van der Waals surface area contributed by atoms with Gasteiger partial charge in [-0.05, 0) is 41.8 Å². The minimum absolute atomic E-state index is 0.0787. The van der Waals surface area contributed by atoms with Crippen LogP contribution in [0.25, 0.3) is 0 Å². The maximum atomic E-state index is 12.6. The fraction of sp³-hybridized carbons (Fsp3) is 0.318. The molecule has 154 valence electrons. The molecule has 0 spiro atoms. The summed E-state index contributed by atoms with van der Waals surface area (Å²) in [6.45, 7) is 4.05. The van der Waals surface area contributed by atoms with Gasteiger partial charge in [0.25, 0.3) is 5.91 Å². The number of ether oxygens (including phenoxy) is 2. The van der Waals surface area contributed by atoms with Gasteiger partial charge in [-0.25, -0.2) is 0 Å². The Morgan fingerprint density at radius 1 is 1.03 bits per heavy atom. The lowest BCUT2D eigenvalue weighted by Gasteiger charge is -2.08. The molecule has 0 aliphatic heterocycles. The Balaban J connectivity index is 1.67. The normalized spacial score (nSPS) is 10.8. The van der Waals surface area contributed by atoms with Crippen LogP contribution in [-0.2, 0) is 11.0 Å². The molecule has 0 radical (unpaired) electrons. The zero-order chi connectivity index (χ0) is 21.3. The number of amides is 1. The topological polar surface area (TPSA) is 47.6 Å². The molecule has 29 heavy (non-hydrogen) atoms. The molecule has 0 aromatic heterocycles. The molecular formula is C22H22F3NO3. The van der Waals surface area contributed by atoms with Crippen LogP contribution in [0.4, 0.5) is 13.2 Å². The van der Waals surface area contributed by atoms with Crippen molar-refractivity contribution in [2.45, 2.75) is 25.9 Å². The third-order valence-corrected chi connectivity index (χ3v) is 3.89. The Labute approximate surface area is 168 Å². The first-order valence-corrected chi connectivity index (χ1v) is 9.01. The summed E-state index contributed by atoms with van der Waals surface area (Å²) in [6, 6.07) is 12.1. The van der Waals surface area contributed by atoms with E-state index >= 15 is 0 Å². The Kier molecular flexibility index (Phi) is 7.96. The van der Waals surface area contributed by atoms with Gasteiger partial charge in [-0.1, -0.05) is 43.9 Å². The predicted molar refractivity (Wildman–Crippen MR) is 104 cm³/mol. The van der Waals surface area contributed by atoms with Crippen molar-refractivity contribution in [3.05, 3.63) is 59.7 Å². The first-order valence-electron chi connectivity index (χ1n) is 9.01. The van der Waals surface area contributed by atoms with E-state index in [0.29, 0.717) is 11.7 Å². The van der Waals surface area contributed by atoms with Crippen LogP contribution in [0.5, 0.6) is 11.5 Å². The standard InChI is InChI=1S/C22H22F3NO3/c1-16(2)17-8-10-19(11-9-17)29-15-21(27)26-12-3-4-13-28-20-7-5-6-18(14-20)22(23,24)25/h5-11,14,16H,12-13,15H2,1-2H3,(H,26,27). The lowest BCUT2D eigenvalue weighted by atomic mass is 10.0. The summed E-state index contributed by atoms with van der Waals surface area (Å²) in [7, 11) is 0. The van der Waals surface area contributed by atoms with E-state index in [2.05, 4.69) is 31.0 Å². The van der Waals surface area contributed by atoms with Crippen LogP contribution in [0.15, 0.2) is 48.5 Å². The van der Waals surface area contributed by atoms with Gasteiger partial charge in [0.2, 0.25) is 0 Å². The number of carbonyl (C=O) groups is 1. The van der Waals surface area contributed by atoms with Gasteiger partial charge >= 0.3 is 6.18 Å². The van der Waals surface area contributed by atoms with Crippen LogP contribution in [0.3, 0.4) is 0 Å². The van der Waals surface area contributed by atoms with Crippen LogP contribution in [0, 0.1) is 11.8 Å². The van der Waals surface area contributed by atoms with Crippen molar-refractivity contribution in [2.75, 3.05) is 19.8 Å². The number of hydrogen-bond donors (Lipinski definition) is 1. The Bertz CT molecular complexity index is 865. The highest BCUT2D eigenvalue weighted by Crippen LogP contribution is 2.31. The van der Waals surface area contributed by atoms with Crippen LogP contribution in [0.2, 0.25) is 0 Å². The fourth-order valence-corrected chi connectivity index (χ4v) is 2.29. The summed E-state index contributed by atoms with van der Waals surface area (Å²) in [6.07, 6.45) is -4.42. The fourth-order valence-electron chi connectivity index (χ4n) is 2.29. The van der Waals surface area contributed by atoms with Gasteiger partial charge in [0.15, 0.2) is 6.61 Å². The Morgan fingerprint density at radius 2 is 1.76 bits per heavy atom. The van der Waals surface area contributed by atoms with E-state index in [1.165, 1.54) is 17.7 Å². The summed E-state index contributed by atoms with van der Waals surface area (Å²) in [5.41, 5.74) is 0.401. The van der Waals surface area contributed by atoms with Gasteiger partial charge in [-0.15, -0.1) is 0 Å². The molecule has 0 saturated heterocycles. The highest BCUT2D eigenvalue weighted by molar-refractivity contribution is 5.77. The lowest BCUT2D eigenvalue weighted by Crippen LogP contribution is -2.29. The SMILES string of the molecule is CC(C)c1ccc(OCC(=O)NCC#CCOc2cccc(C(F)(F)F)c2)cc1. The molecule has 0 atom stereocenters. The summed E-state index contributed by atoms with van der Waals surface area (Å²) >= 11 is 0. The second kappa shape index (κ2) is 10.4. The molecule has 2 rings (SSSR count). The van der Waals surface area contributed by atoms with E-state index in [4.69, 9.17) is 9.47 Å². The zero-order valence-electron chi connectivity index (χ0n) is 16.2. The molecule has 0 heterocycles. The van der Waals surface area contributed by atoms with Crippen LogP contribution >= 0.6 is 0 Å². The molecule has 2 aromatic carbocycles. The highest BCUT2D eigenvalue weighted by Gasteiger charge is 2.30. The number of nitrogens with one attached hydrogen (secondary N) is 1. The van der Waals surface area contributed by atoms with Gasteiger partial charge < -0.3 is 14.8 Å². The number of halogens is 3. The molecule has 0 saturated carbocycles. The predicted octanol–water partition coefficient (Wildman–Crippen LogP) is 4.41. The molecule has 0 bridgehead atoms. The van der Waals surface area contributed by atoms with Crippen molar-refractivity contribution in [2.24, 2.45) is 0 Å². The molecule has 7 heteroatoms. The third kappa shape index (κ3) is 7.78. The van der Waals surface area contributed by atoms with E-state index in [-0.39, 0.29) is 31.4 Å². The van der Waals surface area contributed by atoms with Gasteiger partial charge in [0.05, 0.1) is 12.1 Å². The van der Waals surface area contributed by atoms with E-state index in [0.717, 1.165) is 12.1 Å². The first kappa shape index (κ1) is 22.2. The average molecular weight is 405 g/mol. The van der Waals surface area contributed by atoms with Gasteiger partial charge in [-0.3, -0.25) is 4.79 Å². The van der Waals surface area contributed by atoms with Gasteiger partial charge in [0, 0.05) is 0 Å². The Morgan fingerprint density at radius 3 is 2.41 bits per heavy atom. The third-order valence-electron chi connectivity index (χ3n) is 3.89. The van der Waals surface area contributed by atoms with Crippen molar-refractivity contribution in [3.63, 3.8) is 0 Å². The van der Waals surface area contributed by atoms with E-state index in [1.54, 1.807) is 0 Å². The molecule has 2 aromatic rings. The summed E-state index contributed by atoms with van der Waals surface area (Å²) < 4.78 is 48.4. The van der Waals surface area contributed by atoms with E-state index in [9.17, 15) is 18.0 Å². The summed E-state index contributed by atoms with van der Waals surface area (Å²) in [5.74, 6) is 6.07. The molecule has 1 N–H and O–H groups in total. The first-order chi connectivity index (χ1) is 13.8. The molecule has 0 aliphatic carbocycles. The molecular weight excluding hydrogens is 383 g/mol. The smallest absolute Gasteiger partial charge is 0.416 e. The number of benzene rings is 2. The van der Waals surface area contributed by atoms with Crippen molar-refractivity contribution in [3.8, 4) is 23.3 Å². The number of rotatable bonds is 7. The maximum Gasteiger partial charge on any atom is 0.416 e. The number of hydrogen-bond acceptors (Lipinski definition) is 3. The number of alkyl halides is 3. The molecule has 4 nitrogen and oxygen atoms in total. The van der Waals surface area contributed by atoms with E-state index in [1.807, 2.05) is 24.3 Å². The largest absolute Gasteiger partial charge is 0.484 e. The lowest BCUT2D eigenvalue weighted by molar-refractivity contribution is -0.137. The molecule has 0 aliphatic rings. The second-order valence-electron chi connectivity index (χ2n) is 6.46. The van der Waals surface area contributed by atoms with E-state index < -0.39 is 11.7 Å². The maximum absolute atomic E-state index is 12.6. The van der Waals surface area contributed by atoms with Crippen LogP contribution < -0.4 is 14.8 Å². The second-order valence-corrected chi connectivity index (χ2v) is 6.46. The van der Waals surface area contributed by atoms with Crippen molar-refractivity contribution >= 4 is 5.91 Å². The minimum Gasteiger partial charge on any atom is -0.484 e. The van der Waals surface area contributed by atoms with Gasteiger partial charge in [0.1, 0.15) is 18.1 Å². The van der Waals surface area contributed by atoms with Crippen molar-refractivity contribution in [1.82, 2.24) is 5.32 Å². The zero-order valence-corrected chi connectivity index (χ0v) is 16.2. The van der Waals surface area contributed by atoms with Crippen molar-refractivity contribution < 1.29 is 27.4 Å². The highest BCUT2D eigenvalue weighted by atomic mass is 19.4.